The second-order valence-corrected chi connectivity index (χ2v) is 11.2. The van der Waals surface area contributed by atoms with Gasteiger partial charge in [-0.05, 0) is 90.3 Å². The van der Waals surface area contributed by atoms with Crippen LogP contribution in [0.3, 0.4) is 0 Å². The van der Waals surface area contributed by atoms with Crippen LogP contribution in [0.15, 0.2) is 66.7 Å². The molecule has 1 N–H and O–H groups in total. The standard InChI is InChI=1S/C27H29NO3S/c29-32(30)15-13-24(14-16-32)31-25-11-12-26-22(18-25)6-4-5-21-10-9-20(17-27(21)26)19-28-23-7-2-1-3-8-23/h1-3,7-12,17-18,24,28H,4-6,13-16,19H2. The third-order valence-corrected chi connectivity index (χ3v) is 8.22. The van der Waals surface area contributed by atoms with Crippen molar-refractivity contribution in [2.75, 3.05) is 16.8 Å². The average Bonchev–Trinajstić information content (AvgIpc) is 2.98. The van der Waals surface area contributed by atoms with E-state index in [9.17, 15) is 8.42 Å². The summed E-state index contributed by atoms with van der Waals surface area (Å²) >= 11 is 0. The van der Waals surface area contributed by atoms with Crippen LogP contribution < -0.4 is 10.1 Å². The summed E-state index contributed by atoms with van der Waals surface area (Å²) in [4.78, 5) is 0. The van der Waals surface area contributed by atoms with Crippen molar-refractivity contribution in [2.45, 2.75) is 44.8 Å². The molecule has 0 atom stereocenters. The number of hydrogen-bond acceptors (Lipinski definition) is 4. The van der Waals surface area contributed by atoms with Gasteiger partial charge in [0.15, 0.2) is 9.84 Å². The smallest absolute Gasteiger partial charge is 0.150 e. The molecule has 3 aromatic carbocycles. The average molecular weight is 448 g/mol. The van der Waals surface area contributed by atoms with Gasteiger partial charge < -0.3 is 10.1 Å². The third kappa shape index (κ3) is 4.83. The van der Waals surface area contributed by atoms with E-state index >= 15 is 0 Å². The van der Waals surface area contributed by atoms with Crippen LogP contribution >= 0.6 is 0 Å². The van der Waals surface area contributed by atoms with E-state index in [1.807, 2.05) is 24.3 Å². The molecule has 1 saturated heterocycles. The van der Waals surface area contributed by atoms with Crippen molar-refractivity contribution in [2.24, 2.45) is 0 Å². The summed E-state index contributed by atoms with van der Waals surface area (Å²) in [6.07, 6.45) is 4.38. The monoisotopic (exact) mass is 447 g/mol. The van der Waals surface area contributed by atoms with Crippen LogP contribution in [0, 0.1) is 0 Å². The normalized spacial score (nSPS) is 17.6. The highest BCUT2D eigenvalue weighted by Gasteiger charge is 2.25. The molecule has 0 aromatic heterocycles. The summed E-state index contributed by atoms with van der Waals surface area (Å²) < 4.78 is 29.6. The van der Waals surface area contributed by atoms with E-state index in [2.05, 4.69) is 47.8 Å². The van der Waals surface area contributed by atoms with Gasteiger partial charge in [-0.15, -0.1) is 0 Å². The van der Waals surface area contributed by atoms with Gasteiger partial charge in [-0.3, -0.25) is 0 Å². The number of fused-ring (bicyclic) bond motifs is 3. The lowest BCUT2D eigenvalue weighted by Gasteiger charge is -2.24. The molecule has 0 saturated carbocycles. The van der Waals surface area contributed by atoms with E-state index in [1.54, 1.807) is 0 Å². The highest BCUT2D eigenvalue weighted by molar-refractivity contribution is 7.91. The Hall–Kier alpha value is -2.79. The fraction of sp³-hybridized carbons (Fsp3) is 0.333. The van der Waals surface area contributed by atoms with Crippen LogP contribution in [0.4, 0.5) is 5.69 Å². The van der Waals surface area contributed by atoms with Crippen LogP contribution in [-0.4, -0.2) is 26.0 Å². The molecule has 1 aliphatic carbocycles. The zero-order chi connectivity index (χ0) is 22.0. The number of sulfone groups is 1. The first-order valence-electron chi connectivity index (χ1n) is 11.5. The maximum atomic E-state index is 11.7. The molecule has 1 aliphatic heterocycles. The Bertz CT molecular complexity index is 1190. The van der Waals surface area contributed by atoms with Crippen LogP contribution in [0.2, 0.25) is 0 Å². The van der Waals surface area contributed by atoms with E-state index in [0.717, 1.165) is 37.2 Å². The minimum atomic E-state index is -2.87. The summed E-state index contributed by atoms with van der Waals surface area (Å²) in [5, 5.41) is 3.50. The first kappa shape index (κ1) is 21.1. The van der Waals surface area contributed by atoms with Crippen molar-refractivity contribution in [3.8, 4) is 16.9 Å². The Kier molecular flexibility index (Phi) is 5.92. The molecular weight excluding hydrogens is 418 g/mol. The molecule has 3 aromatic rings. The van der Waals surface area contributed by atoms with E-state index in [4.69, 9.17) is 4.74 Å². The summed E-state index contributed by atoms with van der Waals surface area (Å²) in [5.41, 5.74) is 7.72. The number of rotatable bonds is 5. The van der Waals surface area contributed by atoms with Gasteiger partial charge in [-0.2, -0.15) is 0 Å². The fourth-order valence-corrected chi connectivity index (χ4v) is 6.17. The SMILES string of the molecule is O=S1(=O)CCC(Oc2ccc3c(c2)CCCc2ccc(CNc4ccccc4)cc2-3)CC1. The number of ether oxygens (including phenoxy) is 1. The predicted octanol–water partition coefficient (Wildman–Crippen LogP) is 5.41. The second kappa shape index (κ2) is 8.99. The van der Waals surface area contributed by atoms with Gasteiger partial charge in [-0.25, -0.2) is 8.42 Å². The third-order valence-electron chi connectivity index (χ3n) is 6.51. The maximum absolute atomic E-state index is 11.7. The number of hydrogen-bond donors (Lipinski definition) is 1. The van der Waals surface area contributed by atoms with E-state index in [1.165, 1.54) is 27.8 Å². The Balaban J connectivity index is 1.35. The lowest BCUT2D eigenvalue weighted by molar-refractivity contribution is 0.189. The number of para-hydroxylation sites is 1. The van der Waals surface area contributed by atoms with Gasteiger partial charge in [0.05, 0.1) is 11.5 Å². The van der Waals surface area contributed by atoms with Gasteiger partial charge in [0.25, 0.3) is 0 Å². The minimum Gasteiger partial charge on any atom is -0.490 e. The van der Waals surface area contributed by atoms with Crippen molar-refractivity contribution < 1.29 is 13.2 Å². The molecule has 1 fully saturated rings. The molecule has 5 heteroatoms. The summed E-state index contributed by atoms with van der Waals surface area (Å²) in [5.74, 6) is 1.32. The Labute approximate surface area is 190 Å². The zero-order valence-corrected chi connectivity index (χ0v) is 19.0. The zero-order valence-electron chi connectivity index (χ0n) is 18.2. The molecule has 166 valence electrons. The van der Waals surface area contributed by atoms with Crippen LogP contribution in [0.5, 0.6) is 5.75 Å². The van der Waals surface area contributed by atoms with Gasteiger partial charge in [0, 0.05) is 12.2 Å². The molecule has 0 unspecified atom stereocenters. The summed E-state index contributed by atoms with van der Waals surface area (Å²) in [6, 6.07) is 23.5. The molecule has 0 amide bonds. The van der Waals surface area contributed by atoms with Gasteiger partial charge in [0.1, 0.15) is 11.9 Å². The molecule has 4 nitrogen and oxygen atoms in total. The lowest BCUT2D eigenvalue weighted by atomic mass is 9.94. The fourth-order valence-electron chi connectivity index (χ4n) is 4.72. The minimum absolute atomic E-state index is 0.00898. The van der Waals surface area contributed by atoms with E-state index in [0.29, 0.717) is 12.8 Å². The summed E-state index contributed by atoms with van der Waals surface area (Å²) in [6.45, 7) is 0.790. The van der Waals surface area contributed by atoms with Gasteiger partial charge >= 0.3 is 0 Å². The van der Waals surface area contributed by atoms with Crippen molar-refractivity contribution in [3.63, 3.8) is 0 Å². The van der Waals surface area contributed by atoms with Gasteiger partial charge in [-0.1, -0.05) is 36.4 Å². The number of anilines is 1. The molecule has 32 heavy (non-hydrogen) atoms. The molecule has 0 spiro atoms. The summed E-state index contributed by atoms with van der Waals surface area (Å²) in [7, 11) is -2.87. The predicted molar refractivity (Wildman–Crippen MR) is 130 cm³/mol. The molecule has 1 heterocycles. The number of nitrogens with one attached hydrogen (secondary N) is 1. The Morgan fingerprint density at radius 3 is 2.44 bits per heavy atom. The highest BCUT2D eigenvalue weighted by atomic mass is 32.2. The Morgan fingerprint density at radius 2 is 1.62 bits per heavy atom. The molecule has 0 bridgehead atoms. The van der Waals surface area contributed by atoms with E-state index < -0.39 is 9.84 Å². The van der Waals surface area contributed by atoms with Crippen LogP contribution in [0.1, 0.15) is 36.0 Å². The van der Waals surface area contributed by atoms with E-state index in [-0.39, 0.29) is 17.6 Å². The molecule has 5 rings (SSSR count). The number of aryl methyl sites for hydroxylation is 2. The van der Waals surface area contributed by atoms with Crippen molar-refractivity contribution >= 4 is 15.5 Å². The van der Waals surface area contributed by atoms with Crippen molar-refractivity contribution in [1.82, 2.24) is 0 Å². The first-order chi connectivity index (χ1) is 15.6. The quantitative estimate of drug-likeness (QED) is 0.568. The van der Waals surface area contributed by atoms with Crippen molar-refractivity contribution in [3.05, 3.63) is 83.4 Å². The topological polar surface area (TPSA) is 55.4 Å². The maximum Gasteiger partial charge on any atom is 0.150 e. The second-order valence-electron chi connectivity index (χ2n) is 8.85. The first-order valence-corrected chi connectivity index (χ1v) is 13.3. The highest BCUT2D eigenvalue weighted by Crippen LogP contribution is 2.36. The van der Waals surface area contributed by atoms with Crippen molar-refractivity contribution in [1.29, 1.82) is 0 Å². The molecule has 2 aliphatic rings. The van der Waals surface area contributed by atoms with Crippen LogP contribution in [0.25, 0.3) is 11.1 Å². The lowest BCUT2D eigenvalue weighted by Crippen LogP contribution is -2.30. The van der Waals surface area contributed by atoms with Crippen LogP contribution in [-0.2, 0) is 29.2 Å². The number of benzene rings is 3. The molecular formula is C27H29NO3S. The molecule has 0 radical (unpaired) electrons. The largest absolute Gasteiger partial charge is 0.490 e. The Morgan fingerprint density at radius 1 is 0.844 bits per heavy atom. The van der Waals surface area contributed by atoms with Gasteiger partial charge in [0.2, 0.25) is 0 Å².